The molecule has 13 heteroatoms. The normalized spacial score (nSPS) is 17.5. The maximum absolute atomic E-state index is 13.5. The zero-order chi connectivity index (χ0) is 22.6. The van der Waals surface area contributed by atoms with Gasteiger partial charge in [-0.25, -0.2) is 0 Å². The van der Waals surface area contributed by atoms with Crippen LogP contribution in [0.3, 0.4) is 0 Å². The third-order valence-electron chi connectivity index (χ3n) is 4.08. The van der Waals surface area contributed by atoms with E-state index in [0.29, 0.717) is 4.88 Å². The Bertz CT molecular complexity index is 1350. The van der Waals surface area contributed by atoms with Crippen molar-refractivity contribution in [3.8, 4) is 17.2 Å². The Balaban J connectivity index is 1.81. The molecular formula is C18H11ClF4N2O4S2. The molecule has 0 aliphatic carbocycles. The minimum Gasteiger partial charge on any atom is -0.421 e. The van der Waals surface area contributed by atoms with Gasteiger partial charge in [-0.15, -0.1) is 15.7 Å². The Morgan fingerprint density at radius 1 is 1.03 bits per heavy atom. The minimum absolute atomic E-state index is 0.00811. The van der Waals surface area contributed by atoms with Crippen molar-refractivity contribution in [3.63, 3.8) is 0 Å². The molecule has 0 spiro atoms. The van der Waals surface area contributed by atoms with E-state index in [1.165, 1.54) is 41.1 Å². The molecule has 2 aromatic carbocycles. The second-order valence-electron chi connectivity index (χ2n) is 6.39. The molecule has 0 N–H and O–H groups in total. The summed E-state index contributed by atoms with van der Waals surface area (Å²) in [5.74, 6) is -1.22. The van der Waals surface area contributed by atoms with Gasteiger partial charge >= 0.3 is 12.2 Å². The minimum atomic E-state index is -4.88. The van der Waals surface area contributed by atoms with Crippen molar-refractivity contribution in [1.82, 2.24) is 4.57 Å². The Morgan fingerprint density at radius 2 is 1.71 bits per heavy atom. The van der Waals surface area contributed by atoms with Crippen molar-refractivity contribution in [3.05, 3.63) is 63.4 Å². The Hall–Kier alpha value is -2.57. The summed E-state index contributed by atoms with van der Waals surface area (Å²) < 4.78 is 92.4. The zero-order valence-corrected chi connectivity index (χ0v) is 17.7. The van der Waals surface area contributed by atoms with Crippen molar-refractivity contribution < 1.29 is 35.5 Å². The van der Waals surface area contributed by atoms with Crippen molar-refractivity contribution in [2.75, 3.05) is 0 Å². The van der Waals surface area contributed by atoms with E-state index in [9.17, 15) is 26.0 Å². The van der Waals surface area contributed by atoms with Gasteiger partial charge in [0.2, 0.25) is 4.80 Å². The van der Waals surface area contributed by atoms with Gasteiger partial charge in [0.05, 0.1) is 10.6 Å². The highest BCUT2D eigenvalue weighted by atomic mass is 35.5. The smallest absolute Gasteiger partial charge is 0.421 e. The van der Waals surface area contributed by atoms with E-state index in [1.54, 1.807) is 6.92 Å². The molecule has 4 rings (SSSR count). The van der Waals surface area contributed by atoms with Gasteiger partial charge in [0.15, 0.2) is 11.5 Å². The lowest BCUT2D eigenvalue weighted by Crippen LogP contribution is -2.52. The monoisotopic (exact) mass is 494 g/mol. The molecule has 6 nitrogen and oxygen atoms in total. The highest BCUT2D eigenvalue weighted by Gasteiger charge is 2.65. The fourth-order valence-corrected chi connectivity index (χ4v) is 5.02. The van der Waals surface area contributed by atoms with Crippen LogP contribution < -0.4 is 14.3 Å². The van der Waals surface area contributed by atoms with Crippen LogP contribution in [-0.4, -0.2) is 25.2 Å². The number of fused-ring (bicyclic) bond motifs is 1. The van der Waals surface area contributed by atoms with Crippen LogP contribution in [0, 0.1) is 6.92 Å². The summed E-state index contributed by atoms with van der Waals surface area (Å²) in [5.41, 5.74) is 0.146. The number of rotatable bonds is 3. The quantitative estimate of drug-likeness (QED) is 0.493. The molecule has 0 unspecified atom stereocenters. The van der Waals surface area contributed by atoms with Gasteiger partial charge < -0.3 is 9.47 Å². The van der Waals surface area contributed by atoms with Gasteiger partial charge in [-0.1, -0.05) is 17.7 Å². The lowest BCUT2D eigenvalue weighted by atomic mass is 10.2. The lowest BCUT2D eigenvalue weighted by molar-refractivity contribution is -0.391. The van der Waals surface area contributed by atoms with Crippen LogP contribution in [0.15, 0.2) is 58.0 Å². The van der Waals surface area contributed by atoms with Gasteiger partial charge in [0, 0.05) is 22.2 Å². The first-order valence-corrected chi connectivity index (χ1v) is 11.1. The molecule has 0 radical (unpaired) electrons. The first kappa shape index (κ1) is 21.7. The van der Waals surface area contributed by atoms with E-state index in [4.69, 9.17) is 11.6 Å². The molecule has 0 saturated carbocycles. The molecule has 0 amide bonds. The Labute approximate surface area is 182 Å². The van der Waals surface area contributed by atoms with Crippen molar-refractivity contribution in [1.29, 1.82) is 0 Å². The largest absolute Gasteiger partial charge is 0.507 e. The third kappa shape index (κ3) is 4.02. The summed E-state index contributed by atoms with van der Waals surface area (Å²) in [4.78, 5) is 0.500. The number of aromatic nitrogens is 1. The predicted octanol–water partition coefficient (Wildman–Crippen LogP) is 4.75. The predicted molar refractivity (Wildman–Crippen MR) is 104 cm³/mol. The van der Waals surface area contributed by atoms with Crippen LogP contribution in [-0.2, 0) is 10.0 Å². The standard InChI is InChI=1S/C18H11ClF4N2O4S2/c1-10-9-25(16(30-10)24-31(26,27)13-4-2-3-11(19)7-13)12-5-6-14-15(8-12)29-18(22,23)17(20,21)28-14/h2-9H,1H3/b24-16-. The second-order valence-corrected chi connectivity index (χ2v) is 9.64. The van der Waals surface area contributed by atoms with Crippen molar-refractivity contribution in [2.24, 2.45) is 4.40 Å². The molecule has 2 heterocycles. The molecule has 0 atom stereocenters. The summed E-state index contributed by atoms with van der Waals surface area (Å²) in [6, 6.07) is 8.83. The molecule has 164 valence electrons. The zero-order valence-electron chi connectivity index (χ0n) is 15.4. The summed E-state index contributed by atoms with van der Waals surface area (Å²) in [6.45, 7) is 1.68. The SMILES string of the molecule is Cc1cn(-c2ccc3c(c2)OC(F)(F)C(F)(F)O3)/c(=N/S(=O)(=O)c2cccc(Cl)c2)s1. The van der Waals surface area contributed by atoms with E-state index < -0.39 is 33.7 Å². The number of thiazole rings is 1. The van der Waals surface area contributed by atoms with Crippen LogP contribution in [0.1, 0.15) is 4.88 Å². The molecule has 1 aliphatic rings. The maximum Gasteiger partial charge on any atom is 0.507 e. The highest BCUT2D eigenvalue weighted by Crippen LogP contribution is 2.47. The van der Waals surface area contributed by atoms with E-state index in [2.05, 4.69) is 13.9 Å². The number of hydrogen-bond acceptors (Lipinski definition) is 5. The number of alkyl halides is 4. The Kier molecular flexibility index (Phi) is 5.06. The molecule has 0 saturated heterocycles. The average Bonchev–Trinajstić information content (AvgIpc) is 3.01. The fourth-order valence-electron chi connectivity index (χ4n) is 2.69. The first-order chi connectivity index (χ1) is 14.4. The first-order valence-electron chi connectivity index (χ1n) is 8.42. The number of nitrogens with zero attached hydrogens (tertiary/aromatic N) is 2. The van der Waals surface area contributed by atoms with E-state index >= 15 is 0 Å². The van der Waals surface area contributed by atoms with Crippen LogP contribution in [0.5, 0.6) is 11.5 Å². The van der Waals surface area contributed by atoms with Crippen LogP contribution in [0.25, 0.3) is 5.69 Å². The van der Waals surface area contributed by atoms with Gasteiger partial charge in [-0.2, -0.15) is 26.0 Å². The van der Waals surface area contributed by atoms with Gasteiger partial charge in [0.25, 0.3) is 10.0 Å². The fraction of sp³-hybridized carbons (Fsp3) is 0.167. The number of benzene rings is 2. The van der Waals surface area contributed by atoms with Crippen molar-refractivity contribution >= 4 is 33.0 Å². The van der Waals surface area contributed by atoms with Crippen LogP contribution in [0.2, 0.25) is 5.02 Å². The lowest BCUT2D eigenvalue weighted by Gasteiger charge is -2.31. The van der Waals surface area contributed by atoms with Gasteiger partial charge in [-0.05, 0) is 37.3 Å². The van der Waals surface area contributed by atoms with Gasteiger partial charge in [-0.3, -0.25) is 4.57 Å². The molecule has 0 bridgehead atoms. The topological polar surface area (TPSA) is 69.9 Å². The third-order valence-corrected chi connectivity index (χ3v) is 6.59. The molecule has 31 heavy (non-hydrogen) atoms. The number of halogens is 5. The Morgan fingerprint density at radius 3 is 2.39 bits per heavy atom. The van der Waals surface area contributed by atoms with Crippen LogP contribution >= 0.6 is 22.9 Å². The number of ether oxygens (including phenoxy) is 2. The molecule has 1 aromatic heterocycles. The van der Waals surface area contributed by atoms with E-state index in [0.717, 1.165) is 23.5 Å². The van der Waals surface area contributed by atoms with E-state index in [1.807, 2.05) is 0 Å². The second kappa shape index (κ2) is 7.24. The highest BCUT2D eigenvalue weighted by molar-refractivity contribution is 7.90. The van der Waals surface area contributed by atoms with Crippen LogP contribution in [0.4, 0.5) is 17.6 Å². The molecule has 0 fully saturated rings. The van der Waals surface area contributed by atoms with Crippen molar-refractivity contribution in [2.45, 2.75) is 24.0 Å². The average molecular weight is 495 g/mol. The number of sulfonamides is 1. The summed E-state index contributed by atoms with van der Waals surface area (Å²) >= 11 is 6.86. The molecular weight excluding hydrogens is 484 g/mol. The van der Waals surface area contributed by atoms with E-state index in [-0.39, 0.29) is 20.4 Å². The maximum atomic E-state index is 13.5. The number of hydrogen-bond donors (Lipinski definition) is 0. The molecule has 1 aliphatic heterocycles. The summed E-state index contributed by atoms with van der Waals surface area (Å²) in [6.07, 6.45) is -8.20. The number of aryl methyl sites for hydroxylation is 1. The molecule has 3 aromatic rings. The summed E-state index contributed by atoms with van der Waals surface area (Å²) in [7, 11) is -4.15. The van der Waals surface area contributed by atoms with Gasteiger partial charge in [0.1, 0.15) is 0 Å². The summed E-state index contributed by atoms with van der Waals surface area (Å²) in [5, 5.41) is 0.205.